The van der Waals surface area contributed by atoms with Crippen molar-refractivity contribution >= 4 is 21.4 Å². The fourth-order valence-corrected chi connectivity index (χ4v) is 3.69. The van der Waals surface area contributed by atoms with Gasteiger partial charge in [-0.25, -0.2) is 13.2 Å². The van der Waals surface area contributed by atoms with Gasteiger partial charge < -0.3 is 20.9 Å². The van der Waals surface area contributed by atoms with Gasteiger partial charge >= 0.3 is 0 Å². The molecule has 3 rings (SSSR count). The molecule has 0 aliphatic heterocycles. The number of aliphatic hydroxyl groups excluding tert-OH is 1. The van der Waals surface area contributed by atoms with Gasteiger partial charge in [-0.2, -0.15) is 0 Å². The van der Waals surface area contributed by atoms with Crippen LogP contribution < -0.4 is 10.6 Å². The lowest BCUT2D eigenvalue weighted by molar-refractivity contribution is 0.303. The van der Waals surface area contributed by atoms with Gasteiger partial charge in [-0.05, 0) is 40.0 Å². The second kappa shape index (κ2) is 7.88. The van der Waals surface area contributed by atoms with Crippen LogP contribution in [0.4, 0.5) is 10.2 Å². The molecular weight excluding hydrogens is 379 g/mol. The van der Waals surface area contributed by atoms with Crippen LogP contribution in [0, 0.1) is 10.6 Å². The van der Waals surface area contributed by atoms with Crippen LogP contribution in [0.2, 0.25) is 0 Å². The lowest BCUT2D eigenvalue weighted by Gasteiger charge is -2.31. The number of aromatic nitrogens is 2. The zero-order valence-corrected chi connectivity index (χ0v) is 15.0. The predicted octanol–water partition coefficient (Wildman–Crippen LogP) is 0.682. The molecule has 1 aliphatic rings. The summed E-state index contributed by atoms with van der Waals surface area (Å²) < 4.78 is 37.5. The molecule has 27 heavy (non-hydrogen) atoms. The van der Waals surface area contributed by atoms with E-state index in [1.807, 2.05) is 0 Å². The number of nitrogens with one attached hydrogen (secondary N) is 3. The summed E-state index contributed by atoms with van der Waals surface area (Å²) >= 11 is 0. The number of oxime groups is 1. The first kappa shape index (κ1) is 19.0. The number of hydrogen-bond acceptors (Lipinski definition) is 9. The molecule has 0 spiro atoms. The van der Waals surface area contributed by atoms with E-state index in [0.29, 0.717) is 6.42 Å². The van der Waals surface area contributed by atoms with Crippen LogP contribution >= 0.6 is 0 Å². The van der Waals surface area contributed by atoms with Gasteiger partial charge in [0.25, 0.3) is 0 Å². The minimum Gasteiger partial charge on any atom is -0.409 e. The van der Waals surface area contributed by atoms with Crippen LogP contribution in [0.1, 0.15) is 22.9 Å². The summed E-state index contributed by atoms with van der Waals surface area (Å²) in [6.07, 6.45) is 0.630. The maximum Gasteiger partial charge on any atom is 0.202 e. The average Bonchev–Trinajstić information content (AvgIpc) is 3.06. The van der Waals surface area contributed by atoms with Crippen LogP contribution in [0.15, 0.2) is 28.0 Å². The van der Waals surface area contributed by atoms with Gasteiger partial charge in [0.2, 0.25) is 5.82 Å². The Kier molecular flexibility index (Phi) is 5.56. The van der Waals surface area contributed by atoms with E-state index in [9.17, 15) is 13.8 Å². The molecule has 0 saturated carbocycles. The summed E-state index contributed by atoms with van der Waals surface area (Å²) in [4.78, 5) is 0. The maximum absolute atomic E-state index is 13.4. The lowest BCUT2D eigenvalue weighted by atomic mass is 9.83. The number of rotatable bonds is 8. The zero-order valence-electron chi connectivity index (χ0n) is 14.2. The Bertz CT molecular complexity index is 946. The quantitative estimate of drug-likeness (QED) is 0.188. The van der Waals surface area contributed by atoms with Gasteiger partial charge in [0.15, 0.2) is 11.5 Å². The normalized spacial score (nSPS) is 18.3. The zero-order chi connectivity index (χ0) is 19.4. The second-order valence-electron chi connectivity index (χ2n) is 6.02. The molecule has 146 valence electrons. The third-order valence-electron chi connectivity index (χ3n) is 4.18. The van der Waals surface area contributed by atoms with E-state index in [0.717, 1.165) is 11.1 Å². The predicted molar refractivity (Wildman–Crippen MR) is 94.8 cm³/mol. The molecule has 0 saturated heterocycles. The minimum absolute atomic E-state index is 0.00579. The molecule has 10 nitrogen and oxygen atoms in total. The van der Waals surface area contributed by atoms with Gasteiger partial charge in [0.1, 0.15) is 5.82 Å². The number of fused-ring (bicyclic) bond motifs is 1. The van der Waals surface area contributed by atoms with Crippen molar-refractivity contribution in [1.82, 2.24) is 15.6 Å². The number of benzene rings is 1. The van der Waals surface area contributed by atoms with E-state index in [-0.39, 0.29) is 53.9 Å². The molecule has 0 radical (unpaired) electrons. The summed E-state index contributed by atoms with van der Waals surface area (Å²) in [5, 5.41) is 34.4. The minimum atomic E-state index is -2.90. The Morgan fingerprint density at radius 3 is 3.00 bits per heavy atom. The third-order valence-corrected chi connectivity index (χ3v) is 5.88. The first-order valence-corrected chi connectivity index (χ1v) is 10.0. The largest absolute Gasteiger partial charge is 0.409 e. The molecule has 2 aromatic rings. The van der Waals surface area contributed by atoms with Crippen LogP contribution in [0.5, 0.6) is 0 Å². The Balaban J connectivity index is 1.65. The van der Waals surface area contributed by atoms with E-state index in [1.165, 1.54) is 12.1 Å². The molecule has 2 atom stereocenters. The smallest absolute Gasteiger partial charge is 0.202 e. The first-order valence-electron chi connectivity index (χ1n) is 8.12. The summed E-state index contributed by atoms with van der Waals surface area (Å²) in [5.74, 6) is -0.334. The molecule has 0 fully saturated rings. The molecule has 0 amide bonds. The summed E-state index contributed by atoms with van der Waals surface area (Å²) in [6.45, 7) is -0.201. The standard InChI is InChI=1S/C15H19FN6O4S/c16-10-2-1-9-7-12(11(9)8-10)19-15(20-24)13-14(22-26-21-13)18-3-5-27(17,25)6-4-23/h1-2,8,12,17,23-24H,3-7H2,(H,18,22)(H,19,20)/t12?,27-/m1/s1. The molecule has 5 N–H and O–H groups in total. The monoisotopic (exact) mass is 398 g/mol. The fourth-order valence-electron chi connectivity index (χ4n) is 2.76. The molecule has 1 heterocycles. The first-order chi connectivity index (χ1) is 12.9. The fraction of sp³-hybridized carbons (Fsp3) is 0.400. The number of hydrogen-bond donors (Lipinski definition) is 5. The molecular formula is C15H19FN6O4S. The van der Waals surface area contributed by atoms with Crippen LogP contribution in [0.3, 0.4) is 0 Å². The number of nitrogens with zero attached hydrogens (tertiary/aromatic N) is 3. The third kappa shape index (κ3) is 4.34. The van der Waals surface area contributed by atoms with Crippen molar-refractivity contribution in [2.24, 2.45) is 5.16 Å². The van der Waals surface area contributed by atoms with Gasteiger partial charge in [-0.15, -0.1) is 0 Å². The summed E-state index contributed by atoms with van der Waals surface area (Å²) in [7, 11) is -2.90. The maximum atomic E-state index is 13.4. The van der Waals surface area contributed by atoms with E-state index >= 15 is 0 Å². The molecule has 1 aliphatic carbocycles. The van der Waals surface area contributed by atoms with Crippen molar-refractivity contribution < 1.29 is 23.5 Å². The van der Waals surface area contributed by atoms with Crippen molar-refractivity contribution in [2.45, 2.75) is 12.5 Å². The van der Waals surface area contributed by atoms with Gasteiger partial charge in [0, 0.05) is 22.0 Å². The van der Waals surface area contributed by atoms with Crippen LogP contribution in [-0.4, -0.2) is 55.3 Å². The van der Waals surface area contributed by atoms with Crippen molar-refractivity contribution in [2.75, 3.05) is 30.0 Å². The molecule has 1 aromatic carbocycles. The van der Waals surface area contributed by atoms with E-state index in [4.69, 9.17) is 9.89 Å². The summed E-state index contributed by atoms with van der Waals surface area (Å²) in [6, 6.07) is 4.26. The van der Waals surface area contributed by atoms with Gasteiger partial charge in [0.05, 0.1) is 18.4 Å². The number of anilines is 1. The Morgan fingerprint density at radius 2 is 2.26 bits per heavy atom. The highest BCUT2D eigenvalue weighted by Gasteiger charge is 2.29. The topological polar surface area (TPSA) is 157 Å². The highest BCUT2D eigenvalue weighted by atomic mass is 32.2. The molecule has 0 bridgehead atoms. The average molecular weight is 398 g/mol. The molecule has 12 heteroatoms. The number of halogens is 1. The summed E-state index contributed by atoms with van der Waals surface area (Å²) in [5.41, 5.74) is 1.86. The Hall–Kier alpha value is -2.73. The van der Waals surface area contributed by atoms with Crippen LogP contribution in [0.25, 0.3) is 0 Å². The highest BCUT2D eigenvalue weighted by Crippen LogP contribution is 2.33. The van der Waals surface area contributed by atoms with Crippen molar-refractivity contribution in [3.63, 3.8) is 0 Å². The Morgan fingerprint density at radius 1 is 1.44 bits per heavy atom. The van der Waals surface area contributed by atoms with Gasteiger partial charge in [-0.1, -0.05) is 11.2 Å². The molecule has 1 aromatic heterocycles. The number of amidine groups is 1. The second-order valence-corrected chi connectivity index (χ2v) is 8.46. The molecule has 1 unspecified atom stereocenters. The lowest BCUT2D eigenvalue weighted by Crippen LogP contribution is -2.37. The van der Waals surface area contributed by atoms with E-state index < -0.39 is 9.73 Å². The van der Waals surface area contributed by atoms with Crippen molar-refractivity contribution in [1.29, 1.82) is 4.78 Å². The van der Waals surface area contributed by atoms with Crippen molar-refractivity contribution in [3.8, 4) is 0 Å². The van der Waals surface area contributed by atoms with Crippen molar-refractivity contribution in [3.05, 3.63) is 40.8 Å². The van der Waals surface area contributed by atoms with E-state index in [1.54, 1.807) is 6.07 Å². The van der Waals surface area contributed by atoms with Crippen LogP contribution in [-0.2, 0) is 16.1 Å². The Labute approximate surface area is 154 Å². The van der Waals surface area contributed by atoms with Gasteiger partial charge in [-0.3, -0.25) is 4.78 Å². The van der Waals surface area contributed by atoms with E-state index in [2.05, 4.69) is 30.7 Å². The highest BCUT2D eigenvalue weighted by molar-refractivity contribution is 7.92. The number of aliphatic hydroxyl groups is 1. The SMILES string of the molecule is N=[S@](=O)(CCO)CCNc1nonc1C(=NO)NC1Cc2ccc(F)cc21.